The van der Waals surface area contributed by atoms with Crippen molar-refractivity contribution in [2.24, 2.45) is 5.16 Å². The standard InChI is InChI=1S/C17H12BrN3O3/c18-14-8-4-7-12(19-14)13-9-17(24-20-13)10-15(22)21(16(17)23)11-5-2-1-3-6-11/h1-8H,9-10H2/t17-/m1/s1. The van der Waals surface area contributed by atoms with Crippen molar-refractivity contribution in [1.29, 1.82) is 0 Å². The molecule has 1 spiro atoms. The normalized spacial score (nSPS) is 22.9. The number of nitrogens with zero attached hydrogens (tertiary/aromatic N) is 3. The van der Waals surface area contributed by atoms with E-state index in [2.05, 4.69) is 26.1 Å². The van der Waals surface area contributed by atoms with E-state index in [9.17, 15) is 9.59 Å². The zero-order valence-electron chi connectivity index (χ0n) is 12.5. The minimum atomic E-state index is -1.26. The molecule has 120 valence electrons. The van der Waals surface area contributed by atoms with Gasteiger partial charge in [0.25, 0.3) is 5.91 Å². The number of oxime groups is 1. The highest BCUT2D eigenvalue weighted by Gasteiger charge is 2.58. The van der Waals surface area contributed by atoms with Crippen LogP contribution in [0.4, 0.5) is 5.69 Å². The van der Waals surface area contributed by atoms with Crippen molar-refractivity contribution in [1.82, 2.24) is 4.98 Å². The Morgan fingerprint density at radius 2 is 1.83 bits per heavy atom. The summed E-state index contributed by atoms with van der Waals surface area (Å²) in [6.07, 6.45) is 0.200. The molecule has 0 N–H and O–H groups in total. The number of hydrogen-bond donors (Lipinski definition) is 0. The lowest BCUT2D eigenvalue weighted by atomic mass is 9.94. The van der Waals surface area contributed by atoms with Crippen LogP contribution in [0.2, 0.25) is 0 Å². The average Bonchev–Trinajstić information content (AvgIpc) is 3.11. The maximum Gasteiger partial charge on any atom is 0.281 e. The van der Waals surface area contributed by atoms with Crippen LogP contribution in [0.1, 0.15) is 18.5 Å². The van der Waals surface area contributed by atoms with Crippen LogP contribution in [0.25, 0.3) is 0 Å². The molecule has 1 aromatic carbocycles. The van der Waals surface area contributed by atoms with E-state index in [4.69, 9.17) is 4.84 Å². The van der Waals surface area contributed by atoms with Gasteiger partial charge in [-0.05, 0) is 40.2 Å². The second kappa shape index (κ2) is 5.52. The van der Waals surface area contributed by atoms with Gasteiger partial charge in [0.05, 0.1) is 17.8 Å². The Hall–Kier alpha value is -2.54. The molecule has 2 aliphatic heterocycles. The predicted molar refractivity (Wildman–Crippen MR) is 90.5 cm³/mol. The summed E-state index contributed by atoms with van der Waals surface area (Å²) in [4.78, 5) is 36.2. The molecule has 2 aromatic rings. The summed E-state index contributed by atoms with van der Waals surface area (Å²) < 4.78 is 0.670. The fourth-order valence-corrected chi connectivity index (χ4v) is 3.29. The number of pyridine rings is 1. The first-order valence-corrected chi connectivity index (χ1v) is 8.19. The number of amides is 2. The van der Waals surface area contributed by atoms with Crippen molar-refractivity contribution in [2.45, 2.75) is 18.4 Å². The van der Waals surface area contributed by atoms with Crippen LogP contribution in [-0.4, -0.2) is 28.1 Å². The Labute approximate surface area is 146 Å². The maximum absolute atomic E-state index is 12.9. The fourth-order valence-electron chi connectivity index (χ4n) is 2.95. The molecule has 7 heteroatoms. The highest BCUT2D eigenvalue weighted by Crippen LogP contribution is 2.39. The number of para-hydroxylation sites is 1. The molecule has 0 aliphatic carbocycles. The van der Waals surface area contributed by atoms with E-state index < -0.39 is 5.60 Å². The number of rotatable bonds is 2. The van der Waals surface area contributed by atoms with Gasteiger partial charge in [0, 0.05) is 6.42 Å². The van der Waals surface area contributed by atoms with Crippen molar-refractivity contribution in [2.75, 3.05) is 4.90 Å². The first-order valence-electron chi connectivity index (χ1n) is 7.39. The summed E-state index contributed by atoms with van der Waals surface area (Å²) in [5.74, 6) is -0.669. The summed E-state index contributed by atoms with van der Waals surface area (Å²) in [6.45, 7) is 0. The molecular formula is C17H12BrN3O3. The van der Waals surface area contributed by atoms with Gasteiger partial charge in [0.2, 0.25) is 11.5 Å². The van der Waals surface area contributed by atoms with Crippen LogP contribution >= 0.6 is 15.9 Å². The minimum absolute atomic E-state index is 0.0261. The number of carbonyl (C=O) groups excluding carboxylic acids is 2. The quantitative estimate of drug-likeness (QED) is 0.588. The molecule has 4 rings (SSSR count). The van der Waals surface area contributed by atoms with Gasteiger partial charge in [0.15, 0.2) is 0 Å². The molecule has 0 bridgehead atoms. The Balaban J connectivity index is 1.62. The fraction of sp³-hybridized carbons (Fsp3) is 0.176. The molecule has 1 aromatic heterocycles. The Morgan fingerprint density at radius 3 is 2.58 bits per heavy atom. The van der Waals surface area contributed by atoms with Crippen molar-refractivity contribution in [3.63, 3.8) is 0 Å². The molecule has 3 heterocycles. The molecule has 24 heavy (non-hydrogen) atoms. The summed E-state index contributed by atoms with van der Waals surface area (Å²) in [7, 11) is 0. The lowest BCUT2D eigenvalue weighted by Crippen LogP contribution is -2.40. The van der Waals surface area contributed by atoms with Crippen LogP contribution in [-0.2, 0) is 14.4 Å². The van der Waals surface area contributed by atoms with Gasteiger partial charge >= 0.3 is 0 Å². The third kappa shape index (κ3) is 2.32. The largest absolute Gasteiger partial charge is 0.378 e. The first kappa shape index (κ1) is 15.0. The van der Waals surface area contributed by atoms with Gasteiger partial charge in [-0.2, -0.15) is 0 Å². The van der Waals surface area contributed by atoms with Crippen LogP contribution in [0.3, 0.4) is 0 Å². The predicted octanol–water partition coefficient (Wildman–Crippen LogP) is 2.67. The molecule has 0 unspecified atom stereocenters. The molecule has 2 amide bonds. The van der Waals surface area contributed by atoms with Gasteiger partial charge < -0.3 is 4.84 Å². The highest BCUT2D eigenvalue weighted by atomic mass is 79.9. The minimum Gasteiger partial charge on any atom is -0.378 e. The molecule has 0 radical (unpaired) electrons. The molecule has 6 nitrogen and oxygen atoms in total. The monoisotopic (exact) mass is 385 g/mol. The van der Waals surface area contributed by atoms with Crippen LogP contribution in [0, 0.1) is 0 Å². The maximum atomic E-state index is 12.9. The van der Waals surface area contributed by atoms with Crippen LogP contribution in [0.15, 0.2) is 58.3 Å². The van der Waals surface area contributed by atoms with Gasteiger partial charge in [-0.15, -0.1) is 0 Å². The summed E-state index contributed by atoms with van der Waals surface area (Å²) in [6, 6.07) is 14.3. The van der Waals surface area contributed by atoms with Crippen molar-refractivity contribution in [3.8, 4) is 0 Å². The molecule has 0 saturated carbocycles. The SMILES string of the molecule is O=C1C[C@]2(CC(c3cccc(Br)n3)=NO2)C(=O)N1c1ccccc1. The third-order valence-electron chi connectivity index (χ3n) is 4.09. The van der Waals surface area contributed by atoms with E-state index in [0.717, 1.165) is 0 Å². The van der Waals surface area contributed by atoms with Gasteiger partial charge in [0.1, 0.15) is 10.3 Å². The number of carbonyl (C=O) groups is 2. The van der Waals surface area contributed by atoms with Crippen molar-refractivity contribution < 1.29 is 14.4 Å². The van der Waals surface area contributed by atoms with Crippen molar-refractivity contribution >= 4 is 39.1 Å². The number of imide groups is 1. The molecule has 2 aliphatic rings. The Kier molecular flexibility index (Phi) is 3.45. The topological polar surface area (TPSA) is 71.9 Å². The molecule has 1 saturated heterocycles. The number of aromatic nitrogens is 1. The van der Waals surface area contributed by atoms with E-state index >= 15 is 0 Å². The van der Waals surface area contributed by atoms with Gasteiger partial charge in [-0.25, -0.2) is 9.88 Å². The lowest BCUT2D eigenvalue weighted by molar-refractivity contribution is -0.136. The van der Waals surface area contributed by atoms with E-state index in [1.165, 1.54) is 4.90 Å². The van der Waals surface area contributed by atoms with Crippen LogP contribution < -0.4 is 4.90 Å². The Morgan fingerprint density at radius 1 is 1.04 bits per heavy atom. The zero-order valence-corrected chi connectivity index (χ0v) is 14.1. The summed E-state index contributed by atoms with van der Waals surface area (Å²) >= 11 is 3.31. The summed E-state index contributed by atoms with van der Waals surface area (Å²) in [5.41, 5.74) is 0.473. The van der Waals surface area contributed by atoms with E-state index in [0.29, 0.717) is 21.7 Å². The second-order valence-corrected chi connectivity index (χ2v) is 6.50. The number of benzene rings is 1. The summed E-state index contributed by atoms with van der Waals surface area (Å²) in [5, 5.41) is 4.03. The number of hydrogen-bond acceptors (Lipinski definition) is 5. The average molecular weight is 386 g/mol. The van der Waals surface area contributed by atoms with Gasteiger partial charge in [-0.1, -0.05) is 29.4 Å². The van der Waals surface area contributed by atoms with E-state index in [1.54, 1.807) is 36.4 Å². The van der Waals surface area contributed by atoms with E-state index in [1.807, 2.05) is 12.1 Å². The molecule has 1 fully saturated rings. The Bertz CT molecular complexity index is 868. The third-order valence-corrected chi connectivity index (χ3v) is 4.53. The number of halogens is 1. The smallest absolute Gasteiger partial charge is 0.281 e. The molecule has 1 atom stereocenters. The van der Waals surface area contributed by atoms with Gasteiger partial charge in [-0.3, -0.25) is 9.59 Å². The lowest BCUT2D eigenvalue weighted by Gasteiger charge is -2.19. The van der Waals surface area contributed by atoms with E-state index in [-0.39, 0.29) is 24.7 Å². The number of anilines is 1. The first-order chi connectivity index (χ1) is 11.6. The van der Waals surface area contributed by atoms with Crippen LogP contribution in [0.5, 0.6) is 0 Å². The second-order valence-electron chi connectivity index (χ2n) is 5.69. The highest BCUT2D eigenvalue weighted by molar-refractivity contribution is 9.10. The molecular weight excluding hydrogens is 374 g/mol. The van der Waals surface area contributed by atoms with Crippen molar-refractivity contribution in [3.05, 3.63) is 58.8 Å². The zero-order chi connectivity index (χ0) is 16.7.